The van der Waals surface area contributed by atoms with E-state index in [1.807, 2.05) is 78.5 Å². The lowest BCUT2D eigenvalue weighted by atomic mass is 10.1. The number of rotatable bonds is 9. The normalized spacial score (nSPS) is 11.0. The van der Waals surface area contributed by atoms with E-state index in [0.29, 0.717) is 36.7 Å². The van der Waals surface area contributed by atoms with Gasteiger partial charge in [-0.15, -0.1) is 0 Å². The summed E-state index contributed by atoms with van der Waals surface area (Å²) in [7, 11) is 5.58. The maximum absolute atomic E-state index is 13.9. The lowest BCUT2D eigenvalue weighted by Crippen LogP contribution is -2.37. The maximum atomic E-state index is 13.9. The van der Waals surface area contributed by atoms with Gasteiger partial charge in [0.2, 0.25) is 0 Å². The van der Waals surface area contributed by atoms with Crippen molar-refractivity contribution in [2.45, 2.75) is 6.54 Å². The van der Waals surface area contributed by atoms with Crippen LogP contribution in [0.3, 0.4) is 0 Å². The summed E-state index contributed by atoms with van der Waals surface area (Å²) >= 11 is 0. The van der Waals surface area contributed by atoms with Crippen molar-refractivity contribution in [3.63, 3.8) is 0 Å². The smallest absolute Gasteiger partial charge is 0.272 e. The van der Waals surface area contributed by atoms with E-state index >= 15 is 0 Å². The molecule has 1 aromatic heterocycles. The van der Waals surface area contributed by atoms with Crippen molar-refractivity contribution in [2.24, 2.45) is 0 Å². The van der Waals surface area contributed by atoms with Crippen molar-refractivity contribution in [2.75, 3.05) is 34.3 Å². The summed E-state index contributed by atoms with van der Waals surface area (Å²) in [5, 5.41) is 4.74. The molecule has 1 amide bonds. The van der Waals surface area contributed by atoms with Crippen LogP contribution in [0.15, 0.2) is 84.9 Å². The number of hydrogen-bond donors (Lipinski definition) is 0. The number of nitrogens with zero attached hydrogens (tertiary/aromatic N) is 4. The molecule has 4 rings (SSSR count). The van der Waals surface area contributed by atoms with E-state index in [2.05, 4.69) is 0 Å². The molecule has 0 spiro atoms. The summed E-state index contributed by atoms with van der Waals surface area (Å²) in [4.78, 5) is 17.8. The largest absolute Gasteiger partial charge is 0.497 e. The van der Waals surface area contributed by atoms with E-state index in [9.17, 15) is 9.18 Å². The molecule has 4 aromatic rings. The molecule has 180 valence electrons. The molecule has 0 N–H and O–H groups in total. The molecular formula is C28H29FN4O2. The van der Waals surface area contributed by atoms with E-state index < -0.39 is 0 Å². The zero-order chi connectivity index (χ0) is 24.8. The molecule has 0 unspecified atom stereocenters. The highest BCUT2D eigenvalue weighted by molar-refractivity contribution is 5.94. The average Bonchev–Trinajstić information content (AvgIpc) is 3.32. The number of ether oxygens (including phenoxy) is 1. The maximum Gasteiger partial charge on any atom is 0.272 e. The Morgan fingerprint density at radius 1 is 0.943 bits per heavy atom. The van der Waals surface area contributed by atoms with Crippen LogP contribution in [0.2, 0.25) is 0 Å². The number of carbonyl (C=O) groups excluding carboxylic acids is 1. The Bertz CT molecular complexity index is 1250. The molecule has 0 radical (unpaired) electrons. The van der Waals surface area contributed by atoms with Gasteiger partial charge in [-0.05, 0) is 74.3 Å². The van der Waals surface area contributed by atoms with Crippen molar-refractivity contribution < 1.29 is 13.9 Å². The highest BCUT2D eigenvalue weighted by Crippen LogP contribution is 2.25. The van der Waals surface area contributed by atoms with Gasteiger partial charge in [0.15, 0.2) is 0 Å². The predicted octanol–water partition coefficient (Wildman–Crippen LogP) is 4.89. The standard InChI is InChI=1S/C28H29FN4O2/c1-31(2)17-18-32(20-21-7-5-4-6-8-21)28(34)27-19-26(22-9-15-25(35-3)16-10-22)30-33(27)24-13-11-23(29)12-14-24/h4-16,19H,17-18,20H2,1-3H3. The second-order valence-electron chi connectivity index (χ2n) is 8.55. The average molecular weight is 473 g/mol. The van der Waals surface area contributed by atoms with Crippen molar-refractivity contribution in [1.82, 2.24) is 19.6 Å². The number of carbonyl (C=O) groups is 1. The van der Waals surface area contributed by atoms with Crippen LogP contribution in [0.1, 0.15) is 16.1 Å². The minimum absolute atomic E-state index is 0.146. The number of likely N-dealkylation sites (N-methyl/N-ethyl adjacent to an activating group) is 1. The Morgan fingerprint density at radius 2 is 1.63 bits per heavy atom. The molecule has 7 heteroatoms. The first-order valence-corrected chi connectivity index (χ1v) is 11.4. The first kappa shape index (κ1) is 24.2. The minimum atomic E-state index is -0.346. The number of halogens is 1. The highest BCUT2D eigenvalue weighted by atomic mass is 19.1. The summed E-state index contributed by atoms with van der Waals surface area (Å²) in [6, 6.07) is 25.2. The molecular weight excluding hydrogens is 443 g/mol. The van der Waals surface area contributed by atoms with E-state index in [1.54, 1.807) is 30.0 Å². The lowest BCUT2D eigenvalue weighted by Gasteiger charge is -2.25. The van der Waals surface area contributed by atoms with Crippen LogP contribution < -0.4 is 4.74 Å². The van der Waals surface area contributed by atoms with Gasteiger partial charge in [0.05, 0.1) is 18.5 Å². The third kappa shape index (κ3) is 5.94. The molecule has 6 nitrogen and oxygen atoms in total. The van der Waals surface area contributed by atoms with Gasteiger partial charge < -0.3 is 14.5 Å². The van der Waals surface area contributed by atoms with Crippen molar-refractivity contribution in [1.29, 1.82) is 0 Å². The van der Waals surface area contributed by atoms with Gasteiger partial charge in [0, 0.05) is 25.2 Å². The summed E-state index contributed by atoms with van der Waals surface area (Å²) in [5.41, 5.74) is 3.57. The number of methoxy groups -OCH3 is 1. The molecule has 0 atom stereocenters. The van der Waals surface area contributed by atoms with Gasteiger partial charge in [-0.1, -0.05) is 30.3 Å². The third-order valence-corrected chi connectivity index (χ3v) is 5.71. The number of amides is 1. The second kappa shape index (κ2) is 11.0. The second-order valence-corrected chi connectivity index (χ2v) is 8.55. The number of benzene rings is 3. The fraction of sp³-hybridized carbons (Fsp3) is 0.214. The summed E-state index contributed by atoms with van der Waals surface area (Å²) < 4.78 is 20.5. The van der Waals surface area contributed by atoms with Crippen molar-refractivity contribution in [3.05, 3.63) is 102 Å². The molecule has 3 aromatic carbocycles. The molecule has 1 heterocycles. The number of aromatic nitrogens is 2. The topological polar surface area (TPSA) is 50.6 Å². The molecule has 0 aliphatic carbocycles. The fourth-order valence-electron chi connectivity index (χ4n) is 3.75. The Kier molecular flexibility index (Phi) is 7.57. The molecule has 0 fully saturated rings. The summed E-state index contributed by atoms with van der Waals surface area (Å²) in [5.74, 6) is 0.244. The molecule has 0 saturated heterocycles. The molecule has 0 aliphatic rings. The third-order valence-electron chi connectivity index (χ3n) is 5.71. The van der Waals surface area contributed by atoms with Gasteiger partial charge in [-0.3, -0.25) is 4.79 Å². The fourth-order valence-corrected chi connectivity index (χ4v) is 3.75. The predicted molar refractivity (Wildman–Crippen MR) is 135 cm³/mol. The number of hydrogen-bond acceptors (Lipinski definition) is 4. The van der Waals surface area contributed by atoms with E-state index in [0.717, 1.165) is 16.9 Å². The molecule has 0 saturated carbocycles. The van der Waals surface area contributed by atoms with E-state index in [-0.39, 0.29) is 11.7 Å². The highest BCUT2D eigenvalue weighted by Gasteiger charge is 2.23. The van der Waals surface area contributed by atoms with Crippen LogP contribution in [0.25, 0.3) is 16.9 Å². The minimum Gasteiger partial charge on any atom is -0.497 e. The van der Waals surface area contributed by atoms with Crippen LogP contribution in [0, 0.1) is 5.82 Å². The van der Waals surface area contributed by atoms with Crippen molar-refractivity contribution >= 4 is 5.91 Å². The first-order valence-electron chi connectivity index (χ1n) is 11.4. The lowest BCUT2D eigenvalue weighted by molar-refractivity contribution is 0.0722. The van der Waals surface area contributed by atoms with Crippen LogP contribution in [-0.2, 0) is 6.54 Å². The summed E-state index contributed by atoms with van der Waals surface area (Å²) in [6.45, 7) is 1.74. The van der Waals surface area contributed by atoms with Crippen LogP contribution >= 0.6 is 0 Å². The summed E-state index contributed by atoms with van der Waals surface area (Å²) in [6.07, 6.45) is 0. The van der Waals surface area contributed by atoms with Gasteiger partial charge in [0.1, 0.15) is 17.3 Å². The zero-order valence-corrected chi connectivity index (χ0v) is 20.2. The Balaban J connectivity index is 1.75. The van der Waals surface area contributed by atoms with Crippen molar-refractivity contribution in [3.8, 4) is 22.7 Å². The van der Waals surface area contributed by atoms with Crippen LogP contribution in [-0.4, -0.2) is 59.8 Å². The van der Waals surface area contributed by atoms with Gasteiger partial charge in [-0.25, -0.2) is 9.07 Å². The van der Waals surface area contributed by atoms with Gasteiger partial charge in [0.25, 0.3) is 5.91 Å². The molecule has 0 aliphatic heterocycles. The molecule has 35 heavy (non-hydrogen) atoms. The van der Waals surface area contributed by atoms with Gasteiger partial charge in [-0.2, -0.15) is 5.10 Å². The van der Waals surface area contributed by atoms with Crippen LogP contribution in [0.5, 0.6) is 5.75 Å². The monoisotopic (exact) mass is 472 g/mol. The van der Waals surface area contributed by atoms with Gasteiger partial charge >= 0.3 is 0 Å². The SMILES string of the molecule is COc1ccc(-c2cc(C(=O)N(CCN(C)C)Cc3ccccc3)n(-c3ccc(F)cc3)n2)cc1. The Hall–Kier alpha value is -3.97. The van der Waals surface area contributed by atoms with Crippen LogP contribution in [0.4, 0.5) is 4.39 Å². The Labute approximate surface area is 205 Å². The first-order chi connectivity index (χ1) is 16.9. The van der Waals surface area contributed by atoms with E-state index in [1.165, 1.54) is 12.1 Å². The Morgan fingerprint density at radius 3 is 2.26 bits per heavy atom. The zero-order valence-electron chi connectivity index (χ0n) is 20.2. The van der Waals surface area contributed by atoms with E-state index in [4.69, 9.17) is 9.84 Å². The molecule has 0 bridgehead atoms. The quantitative estimate of drug-likeness (QED) is 0.348.